The number of allylic oxidation sites excluding steroid dienone is 2. The van der Waals surface area contributed by atoms with E-state index in [4.69, 9.17) is 4.98 Å². The van der Waals surface area contributed by atoms with Gasteiger partial charge in [0.05, 0.1) is 17.4 Å². The van der Waals surface area contributed by atoms with E-state index in [9.17, 15) is 17.2 Å². The molecule has 2 aliphatic rings. The van der Waals surface area contributed by atoms with Gasteiger partial charge in [-0.2, -0.15) is 0 Å². The number of nitrogens with zero attached hydrogens (tertiary/aromatic N) is 2. The second kappa shape index (κ2) is 11.5. The number of rotatable bonds is 10. The molecule has 2 atom stereocenters. The third-order valence-corrected chi connectivity index (χ3v) is 9.40. The SMILES string of the molecule is CCCC1=C(c2ccc(S(=O)(=O)NC(CF)CF)cn2)CC(C2CCC2)C(C)c2ncc(CC)cc21. The largest absolute Gasteiger partial charge is 0.260 e. The third kappa shape index (κ3) is 5.40. The van der Waals surface area contributed by atoms with E-state index in [0.29, 0.717) is 17.8 Å². The molecule has 0 radical (unpaired) electrons. The summed E-state index contributed by atoms with van der Waals surface area (Å²) < 4.78 is 53.2. The van der Waals surface area contributed by atoms with Gasteiger partial charge in [0.15, 0.2) is 0 Å². The lowest BCUT2D eigenvalue weighted by Crippen LogP contribution is -2.37. The molecule has 2 aromatic rings. The first-order valence-corrected chi connectivity index (χ1v) is 14.6. The Labute approximate surface area is 213 Å². The molecular weight excluding hydrogens is 480 g/mol. The summed E-state index contributed by atoms with van der Waals surface area (Å²) in [6, 6.07) is 4.12. The van der Waals surface area contributed by atoms with Gasteiger partial charge in [0.1, 0.15) is 18.2 Å². The molecule has 0 bridgehead atoms. The Morgan fingerprint density at radius 2 is 1.86 bits per heavy atom. The van der Waals surface area contributed by atoms with Crippen LogP contribution in [0.3, 0.4) is 0 Å². The normalized spacial score (nSPS) is 20.8. The van der Waals surface area contributed by atoms with Crippen LogP contribution in [-0.4, -0.2) is 37.8 Å². The second-order valence-corrected chi connectivity index (χ2v) is 11.9. The monoisotopic (exact) mass is 517 g/mol. The van der Waals surface area contributed by atoms with Gasteiger partial charge in [-0.05, 0) is 66.0 Å². The molecule has 0 aliphatic heterocycles. The predicted molar refractivity (Wildman–Crippen MR) is 139 cm³/mol. The zero-order valence-corrected chi connectivity index (χ0v) is 22.3. The van der Waals surface area contributed by atoms with Crippen molar-refractivity contribution in [2.75, 3.05) is 13.3 Å². The molecule has 196 valence electrons. The van der Waals surface area contributed by atoms with Crippen LogP contribution >= 0.6 is 0 Å². The van der Waals surface area contributed by atoms with Gasteiger partial charge in [-0.25, -0.2) is 21.9 Å². The first kappa shape index (κ1) is 26.9. The molecule has 2 unspecified atom stereocenters. The van der Waals surface area contributed by atoms with Crippen molar-refractivity contribution in [3.8, 4) is 0 Å². The van der Waals surface area contributed by atoms with Crippen LogP contribution in [0.4, 0.5) is 8.78 Å². The lowest BCUT2D eigenvalue weighted by atomic mass is 9.68. The topological polar surface area (TPSA) is 72.0 Å². The van der Waals surface area contributed by atoms with Crippen molar-refractivity contribution < 1.29 is 17.2 Å². The summed E-state index contributed by atoms with van der Waals surface area (Å²) in [6.45, 7) is 4.38. The highest BCUT2D eigenvalue weighted by Gasteiger charge is 2.37. The van der Waals surface area contributed by atoms with Gasteiger partial charge in [-0.3, -0.25) is 9.97 Å². The van der Waals surface area contributed by atoms with E-state index in [2.05, 4.69) is 36.5 Å². The van der Waals surface area contributed by atoms with Crippen LogP contribution in [0, 0.1) is 11.8 Å². The van der Waals surface area contributed by atoms with Gasteiger partial charge >= 0.3 is 0 Å². The standard InChI is InChI=1S/C28H37F2N3O2S/c1-4-7-23-25(27-11-10-22(17-31-27)36(34,35)33-21(14-29)15-30)13-24(20-8-6-9-20)18(3)28-26(23)12-19(5-2)16-32-28/h10-12,16-18,20-21,24,33H,4-9,13-15H2,1-3H3. The molecule has 2 heterocycles. The number of alkyl halides is 2. The van der Waals surface area contributed by atoms with Crippen LogP contribution in [0.2, 0.25) is 0 Å². The van der Waals surface area contributed by atoms with Gasteiger partial charge in [-0.1, -0.05) is 46.5 Å². The number of aromatic nitrogens is 2. The number of aryl methyl sites for hydroxylation is 1. The van der Waals surface area contributed by atoms with Crippen molar-refractivity contribution in [1.82, 2.24) is 14.7 Å². The molecule has 36 heavy (non-hydrogen) atoms. The molecule has 0 saturated heterocycles. The number of hydrogen-bond acceptors (Lipinski definition) is 4. The summed E-state index contributed by atoms with van der Waals surface area (Å²) in [5.41, 5.74) is 6.74. The highest BCUT2D eigenvalue weighted by Crippen LogP contribution is 2.50. The molecule has 1 N–H and O–H groups in total. The third-order valence-electron chi connectivity index (χ3n) is 7.89. The Kier molecular flexibility index (Phi) is 8.56. The maximum absolute atomic E-state index is 12.9. The molecule has 0 spiro atoms. The van der Waals surface area contributed by atoms with Crippen LogP contribution in [0.25, 0.3) is 11.1 Å². The molecule has 8 heteroatoms. The van der Waals surface area contributed by atoms with E-state index in [0.717, 1.165) is 42.6 Å². The van der Waals surface area contributed by atoms with Gasteiger partial charge in [-0.15, -0.1) is 0 Å². The van der Waals surface area contributed by atoms with E-state index in [-0.39, 0.29) is 4.90 Å². The first-order valence-electron chi connectivity index (χ1n) is 13.1. The van der Waals surface area contributed by atoms with E-state index < -0.39 is 29.4 Å². The van der Waals surface area contributed by atoms with E-state index >= 15 is 0 Å². The number of pyridine rings is 2. The number of sulfonamides is 1. The number of fused-ring (bicyclic) bond motifs is 1. The Balaban J connectivity index is 1.80. The van der Waals surface area contributed by atoms with Gasteiger partial charge in [0, 0.05) is 23.9 Å². The second-order valence-electron chi connectivity index (χ2n) is 10.2. The van der Waals surface area contributed by atoms with Crippen molar-refractivity contribution in [1.29, 1.82) is 0 Å². The van der Waals surface area contributed by atoms with E-state index in [1.165, 1.54) is 48.2 Å². The molecule has 0 aromatic carbocycles. The minimum Gasteiger partial charge on any atom is -0.260 e. The maximum atomic E-state index is 12.9. The minimum atomic E-state index is -4.07. The lowest BCUT2D eigenvalue weighted by Gasteiger charge is -2.37. The molecule has 1 fully saturated rings. The van der Waals surface area contributed by atoms with Crippen LogP contribution < -0.4 is 4.72 Å². The molecule has 2 aliphatic carbocycles. The highest BCUT2D eigenvalue weighted by molar-refractivity contribution is 7.89. The maximum Gasteiger partial charge on any atom is 0.242 e. The zero-order chi connectivity index (χ0) is 25.9. The minimum absolute atomic E-state index is 0.0938. The summed E-state index contributed by atoms with van der Waals surface area (Å²) in [7, 11) is -4.07. The molecule has 4 rings (SSSR count). The smallest absolute Gasteiger partial charge is 0.242 e. The zero-order valence-electron chi connectivity index (χ0n) is 21.4. The fourth-order valence-corrected chi connectivity index (χ4v) is 6.70. The van der Waals surface area contributed by atoms with Crippen molar-refractivity contribution in [3.05, 3.63) is 53.1 Å². The Bertz CT molecular complexity index is 1190. The Morgan fingerprint density at radius 3 is 2.42 bits per heavy atom. The highest BCUT2D eigenvalue weighted by atomic mass is 32.2. The van der Waals surface area contributed by atoms with Gasteiger partial charge in [0.25, 0.3) is 0 Å². The first-order chi connectivity index (χ1) is 17.3. The molecule has 0 amide bonds. The summed E-state index contributed by atoms with van der Waals surface area (Å²) in [4.78, 5) is 9.47. The van der Waals surface area contributed by atoms with Gasteiger partial charge < -0.3 is 0 Å². The van der Waals surface area contributed by atoms with Crippen LogP contribution in [0.1, 0.15) is 87.7 Å². The fourth-order valence-electron chi connectivity index (χ4n) is 5.56. The van der Waals surface area contributed by atoms with Crippen molar-refractivity contribution in [3.63, 3.8) is 0 Å². The van der Waals surface area contributed by atoms with E-state index in [1.54, 1.807) is 6.07 Å². The van der Waals surface area contributed by atoms with Gasteiger partial charge in [0.2, 0.25) is 10.0 Å². The molecule has 5 nitrogen and oxygen atoms in total. The van der Waals surface area contributed by atoms with E-state index in [1.807, 2.05) is 6.20 Å². The quantitative estimate of drug-likeness (QED) is 0.404. The molecule has 1 saturated carbocycles. The average molecular weight is 518 g/mol. The van der Waals surface area contributed by atoms with Crippen LogP contribution in [0.15, 0.2) is 35.5 Å². The molecular formula is C28H37F2N3O2S. The molecule has 2 aromatic heterocycles. The summed E-state index contributed by atoms with van der Waals surface area (Å²) in [5.74, 6) is 1.42. The van der Waals surface area contributed by atoms with Crippen molar-refractivity contribution >= 4 is 21.2 Å². The van der Waals surface area contributed by atoms with Crippen LogP contribution in [-0.2, 0) is 16.4 Å². The lowest BCUT2D eigenvalue weighted by molar-refractivity contribution is 0.184. The Hall–Kier alpha value is -2.19. The van der Waals surface area contributed by atoms with Crippen molar-refractivity contribution in [2.45, 2.75) is 82.6 Å². The summed E-state index contributed by atoms with van der Waals surface area (Å²) in [6.07, 6.45) is 10.7. The number of hydrogen-bond donors (Lipinski definition) is 1. The fraction of sp³-hybridized carbons (Fsp3) is 0.571. The predicted octanol–water partition coefficient (Wildman–Crippen LogP) is 6.26. The Morgan fingerprint density at radius 1 is 1.11 bits per heavy atom. The summed E-state index contributed by atoms with van der Waals surface area (Å²) >= 11 is 0. The summed E-state index contributed by atoms with van der Waals surface area (Å²) in [5, 5.41) is 0. The number of halogens is 2. The van der Waals surface area contributed by atoms with Crippen molar-refractivity contribution in [2.24, 2.45) is 11.8 Å². The number of nitrogens with one attached hydrogen (secondary N) is 1. The average Bonchev–Trinajstić information content (AvgIpc) is 2.97. The van der Waals surface area contributed by atoms with Crippen LogP contribution in [0.5, 0.6) is 0 Å².